The van der Waals surface area contributed by atoms with Gasteiger partial charge in [0, 0.05) is 19.5 Å². The summed E-state index contributed by atoms with van der Waals surface area (Å²) in [6.45, 7) is 0.420. The molecule has 1 amide bonds. The highest BCUT2D eigenvalue weighted by Gasteiger charge is 2.37. The summed E-state index contributed by atoms with van der Waals surface area (Å²) >= 11 is 1.57. The highest BCUT2D eigenvalue weighted by atomic mass is 32.3. The first-order chi connectivity index (χ1) is 7.97. The number of carbonyl (C=O) groups excluding carboxylic acids is 1. The van der Waals surface area contributed by atoms with Crippen molar-refractivity contribution < 1.29 is 17.1 Å². The van der Waals surface area contributed by atoms with Crippen molar-refractivity contribution in [3.8, 4) is 0 Å². The summed E-state index contributed by atoms with van der Waals surface area (Å²) in [4.78, 5) is 12.9. The van der Waals surface area contributed by atoms with Crippen LogP contribution in [0.25, 0.3) is 0 Å². The number of nitrogens with zero attached hydrogens (tertiary/aromatic N) is 1. The van der Waals surface area contributed by atoms with E-state index in [2.05, 4.69) is 0 Å². The predicted molar refractivity (Wildman–Crippen MR) is 63.0 cm³/mol. The predicted octanol–water partition coefficient (Wildman–Crippen LogP) is 1.19. The normalized spacial score (nSPS) is 21.1. The fourth-order valence-corrected chi connectivity index (χ4v) is 3.24. The van der Waals surface area contributed by atoms with E-state index in [1.165, 1.54) is 4.90 Å². The van der Waals surface area contributed by atoms with Gasteiger partial charge in [-0.25, -0.2) is 0 Å². The van der Waals surface area contributed by atoms with Gasteiger partial charge < -0.3 is 4.90 Å². The molecule has 1 saturated heterocycles. The molecule has 0 aromatic carbocycles. The lowest BCUT2D eigenvalue weighted by Gasteiger charge is -2.15. The Labute approximate surface area is 103 Å². The number of halogens is 1. The van der Waals surface area contributed by atoms with E-state index in [4.69, 9.17) is 0 Å². The van der Waals surface area contributed by atoms with Gasteiger partial charge in [-0.2, -0.15) is 19.8 Å². The first kappa shape index (κ1) is 12.5. The van der Waals surface area contributed by atoms with Gasteiger partial charge in [0.1, 0.15) is 5.25 Å². The lowest BCUT2D eigenvalue weighted by molar-refractivity contribution is -0.127. The number of hydrogen-bond donors (Lipinski definition) is 0. The molecule has 1 atom stereocenters. The molecule has 1 unspecified atom stereocenters. The maximum absolute atomic E-state index is 12.7. The average molecular weight is 277 g/mol. The molecule has 2 rings (SSSR count). The van der Waals surface area contributed by atoms with E-state index in [0.717, 1.165) is 5.56 Å². The Bertz CT molecular complexity index is 498. The van der Waals surface area contributed by atoms with Crippen molar-refractivity contribution in [2.45, 2.75) is 18.1 Å². The van der Waals surface area contributed by atoms with Crippen LogP contribution in [-0.2, 0) is 21.4 Å². The lowest BCUT2D eigenvalue weighted by atomic mass is 10.2. The quantitative estimate of drug-likeness (QED) is 0.777. The monoisotopic (exact) mass is 277 g/mol. The summed E-state index contributed by atoms with van der Waals surface area (Å²) in [5.41, 5.74) is 1.11. The summed E-state index contributed by atoms with van der Waals surface area (Å²) in [7, 11) is -4.60. The third kappa shape index (κ3) is 3.04. The van der Waals surface area contributed by atoms with Crippen LogP contribution in [0.1, 0.15) is 12.0 Å². The van der Waals surface area contributed by atoms with Crippen molar-refractivity contribution >= 4 is 27.5 Å². The van der Waals surface area contributed by atoms with E-state index in [-0.39, 0.29) is 18.9 Å². The van der Waals surface area contributed by atoms with Gasteiger partial charge in [-0.1, -0.05) is 0 Å². The molecule has 0 saturated carbocycles. The molecule has 7 heteroatoms. The molecular formula is C10H12FNO3S2. The number of carbonyl (C=O) groups is 1. The SMILES string of the molecule is O=C1CC(S(=O)(=O)F)CN1CCc1ccsc1. The molecule has 2 heterocycles. The largest absolute Gasteiger partial charge is 0.341 e. The average Bonchev–Trinajstić information content (AvgIpc) is 2.83. The van der Waals surface area contributed by atoms with Crippen LogP contribution in [0.4, 0.5) is 3.89 Å². The maximum atomic E-state index is 12.7. The Morgan fingerprint density at radius 1 is 1.53 bits per heavy atom. The maximum Gasteiger partial charge on any atom is 0.307 e. The minimum absolute atomic E-state index is 0.0260. The molecule has 1 aliphatic heterocycles. The van der Waals surface area contributed by atoms with E-state index in [0.29, 0.717) is 13.0 Å². The molecule has 0 bridgehead atoms. The molecule has 0 spiro atoms. The summed E-state index contributed by atoms with van der Waals surface area (Å²) in [6.07, 6.45) is 0.441. The number of hydrogen-bond acceptors (Lipinski definition) is 4. The topological polar surface area (TPSA) is 54.5 Å². The number of likely N-dealkylation sites (tertiary alicyclic amines) is 1. The third-order valence-corrected chi connectivity index (χ3v) is 4.67. The second-order valence-corrected chi connectivity index (χ2v) is 6.42. The number of thiophene rings is 1. The molecule has 1 fully saturated rings. The van der Waals surface area contributed by atoms with Gasteiger partial charge in [-0.15, -0.1) is 3.89 Å². The zero-order chi connectivity index (χ0) is 12.5. The molecule has 1 aromatic rings. The molecule has 1 aromatic heterocycles. The van der Waals surface area contributed by atoms with Crippen molar-refractivity contribution in [2.24, 2.45) is 0 Å². The van der Waals surface area contributed by atoms with Crippen molar-refractivity contribution in [1.29, 1.82) is 0 Å². The fourth-order valence-electron chi connectivity index (χ4n) is 1.84. The Morgan fingerprint density at radius 3 is 2.82 bits per heavy atom. The van der Waals surface area contributed by atoms with Crippen molar-refractivity contribution in [1.82, 2.24) is 4.90 Å². The molecule has 0 N–H and O–H groups in total. The van der Waals surface area contributed by atoms with Gasteiger partial charge >= 0.3 is 10.2 Å². The Hall–Kier alpha value is -0.950. The third-order valence-electron chi connectivity index (χ3n) is 2.83. The van der Waals surface area contributed by atoms with Crippen LogP contribution in [0.3, 0.4) is 0 Å². The highest BCUT2D eigenvalue weighted by Crippen LogP contribution is 2.20. The molecular weight excluding hydrogens is 265 g/mol. The van der Waals surface area contributed by atoms with E-state index < -0.39 is 15.5 Å². The van der Waals surface area contributed by atoms with Crippen LogP contribution < -0.4 is 0 Å². The minimum atomic E-state index is -4.60. The van der Waals surface area contributed by atoms with Crippen LogP contribution in [0.2, 0.25) is 0 Å². The minimum Gasteiger partial charge on any atom is -0.341 e. The standard InChI is InChI=1S/C10H12FNO3S2/c11-17(14,15)9-5-10(13)12(6-9)3-1-8-2-4-16-7-8/h2,4,7,9H,1,3,5-6H2. The van der Waals surface area contributed by atoms with Crippen LogP contribution in [-0.4, -0.2) is 37.6 Å². The summed E-state index contributed by atoms with van der Waals surface area (Å²) in [5, 5.41) is 2.73. The number of rotatable bonds is 4. The Morgan fingerprint density at radius 2 is 2.29 bits per heavy atom. The lowest BCUT2D eigenvalue weighted by Crippen LogP contribution is -2.29. The summed E-state index contributed by atoms with van der Waals surface area (Å²) in [5.74, 6) is -0.286. The summed E-state index contributed by atoms with van der Waals surface area (Å²) < 4.78 is 34.2. The Balaban J connectivity index is 1.93. The fraction of sp³-hybridized carbons (Fsp3) is 0.500. The van der Waals surface area contributed by atoms with Gasteiger partial charge in [-0.05, 0) is 28.8 Å². The molecule has 0 radical (unpaired) electrons. The Kier molecular flexibility index (Phi) is 3.48. The van der Waals surface area contributed by atoms with Crippen molar-refractivity contribution in [2.75, 3.05) is 13.1 Å². The number of amides is 1. The zero-order valence-electron chi connectivity index (χ0n) is 9.00. The second-order valence-electron chi connectivity index (χ2n) is 4.02. The van der Waals surface area contributed by atoms with Gasteiger partial charge in [0.2, 0.25) is 5.91 Å². The molecule has 1 aliphatic rings. The van der Waals surface area contributed by atoms with Crippen LogP contribution in [0, 0.1) is 0 Å². The van der Waals surface area contributed by atoms with E-state index in [1.807, 2.05) is 16.8 Å². The zero-order valence-corrected chi connectivity index (χ0v) is 10.6. The highest BCUT2D eigenvalue weighted by molar-refractivity contribution is 7.87. The van der Waals surface area contributed by atoms with Gasteiger partial charge in [0.15, 0.2) is 0 Å². The summed E-state index contributed by atoms with van der Waals surface area (Å²) in [6, 6.07) is 1.95. The molecule has 17 heavy (non-hydrogen) atoms. The van der Waals surface area contributed by atoms with Crippen LogP contribution in [0.15, 0.2) is 16.8 Å². The molecule has 0 aliphatic carbocycles. The van der Waals surface area contributed by atoms with Crippen molar-refractivity contribution in [3.63, 3.8) is 0 Å². The van der Waals surface area contributed by atoms with Crippen LogP contribution >= 0.6 is 11.3 Å². The first-order valence-electron chi connectivity index (χ1n) is 5.19. The smallest absolute Gasteiger partial charge is 0.307 e. The van der Waals surface area contributed by atoms with Gasteiger partial charge in [0.05, 0.1) is 0 Å². The first-order valence-corrected chi connectivity index (χ1v) is 7.58. The van der Waals surface area contributed by atoms with E-state index in [9.17, 15) is 17.1 Å². The molecule has 94 valence electrons. The van der Waals surface area contributed by atoms with Gasteiger partial charge in [-0.3, -0.25) is 4.79 Å². The van der Waals surface area contributed by atoms with Crippen LogP contribution in [0.5, 0.6) is 0 Å². The van der Waals surface area contributed by atoms with Gasteiger partial charge in [0.25, 0.3) is 0 Å². The van der Waals surface area contributed by atoms with E-state index in [1.54, 1.807) is 11.3 Å². The van der Waals surface area contributed by atoms with E-state index >= 15 is 0 Å². The second kappa shape index (κ2) is 4.73. The van der Waals surface area contributed by atoms with Crippen molar-refractivity contribution in [3.05, 3.63) is 22.4 Å². The molecule has 4 nitrogen and oxygen atoms in total.